The Morgan fingerprint density at radius 2 is 2.42 bits per heavy atom. The zero-order valence-corrected chi connectivity index (χ0v) is 6.24. The molecule has 0 saturated carbocycles. The highest BCUT2D eigenvalue weighted by Gasteiger charge is 2.01. The van der Waals surface area contributed by atoms with Crippen molar-refractivity contribution in [3.63, 3.8) is 0 Å². The number of aromatic nitrogens is 1. The molecule has 0 aliphatic carbocycles. The minimum absolute atomic E-state index is 0.171. The van der Waals surface area contributed by atoms with E-state index < -0.39 is 10.7 Å². The summed E-state index contributed by atoms with van der Waals surface area (Å²) in [5, 5.41) is 9.94. The van der Waals surface area contributed by atoms with Gasteiger partial charge in [-0.2, -0.15) is 0 Å². The third kappa shape index (κ3) is 2.61. The topological polar surface area (TPSA) is 56.0 Å². The zero-order chi connectivity index (χ0) is 8.97. The molecule has 0 aliphatic heterocycles. The van der Waals surface area contributed by atoms with Crippen LogP contribution < -0.4 is 0 Å². The van der Waals surface area contributed by atoms with E-state index in [-0.39, 0.29) is 13.0 Å². The van der Waals surface area contributed by atoms with Crippen LogP contribution in [-0.2, 0) is 6.42 Å². The first-order valence-corrected chi connectivity index (χ1v) is 3.41. The molecular weight excluding hydrogens is 163 g/mol. The van der Waals surface area contributed by atoms with E-state index in [9.17, 15) is 14.5 Å². The van der Waals surface area contributed by atoms with Gasteiger partial charge in [0.25, 0.3) is 0 Å². The highest BCUT2D eigenvalue weighted by Crippen LogP contribution is 1.99. The zero-order valence-electron chi connectivity index (χ0n) is 6.24. The summed E-state index contributed by atoms with van der Waals surface area (Å²) in [6.45, 7) is -0.212. The average molecular weight is 170 g/mol. The van der Waals surface area contributed by atoms with Crippen LogP contribution in [0.15, 0.2) is 18.3 Å². The Labute approximate surface area is 68.2 Å². The minimum atomic E-state index is -0.452. The van der Waals surface area contributed by atoms with Crippen LogP contribution in [0.2, 0.25) is 0 Å². The summed E-state index contributed by atoms with van der Waals surface area (Å²) in [5.41, 5.74) is 0.409. The third-order valence-corrected chi connectivity index (χ3v) is 1.33. The quantitative estimate of drug-likeness (QED) is 0.503. The molecule has 5 heteroatoms. The van der Waals surface area contributed by atoms with Gasteiger partial charge in [0.15, 0.2) is 0 Å². The van der Waals surface area contributed by atoms with Gasteiger partial charge in [-0.15, -0.1) is 0 Å². The van der Waals surface area contributed by atoms with Crippen molar-refractivity contribution in [2.24, 2.45) is 0 Å². The Morgan fingerprint density at radius 1 is 1.67 bits per heavy atom. The van der Waals surface area contributed by atoms with Crippen molar-refractivity contribution in [3.05, 3.63) is 40.0 Å². The lowest BCUT2D eigenvalue weighted by Crippen LogP contribution is -2.05. The van der Waals surface area contributed by atoms with Gasteiger partial charge in [0.2, 0.25) is 6.54 Å². The summed E-state index contributed by atoms with van der Waals surface area (Å²) in [6.07, 6.45) is 1.47. The summed E-state index contributed by atoms with van der Waals surface area (Å²) in [5.74, 6) is -0.414. The molecular formula is C7H7FN2O2. The monoisotopic (exact) mass is 170 g/mol. The average Bonchev–Trinajstić information content (AvgIpc) is 2.01. The van der Waals surface area contributed by atoms with E-state index in [1.54, 1.807) is 0 Å². The molecule has 0 amide bonds. The van der Waals surface area contributed by atoms with Crippen molar-refractivity contribution in [2.45, 2.75) is 6.42 Å². The molecule has 0 aromatic carbocycles. The van der Waals surface area contributed by atoms with Gasteiger partial charge in [0, 0.05) is 16.8 Å². The summed E-state index contributed by atoms with van der Waals surface area (Å²) < 4.78 is 12.5. The second kappa shape index (κ2) is 3.75. The number of nitro groups is 1. The number of rotatable bonds is 3. The molecule has 0 spiro atoms. The van der Waals surface area contributed by atoms with Crippen molar-refractivity contribution in [3.8, 4) is 0 Å². The van der Waals surface area contributed by atoms with Crippen LogP contribution in [0.1, 0.15) is 5.69 Å². The largest absolute Gasteiger partial charge is 0.265 e. The molecule has 0 bridgehead atoms. The molecule has 1 heterocycles. The number of hydrogen-bond donors (Lipinski definition) is 0. The highest BCUT2D eigenvalue weighted by atomic mass is 19.1. The van der Waals surface area contributed by atoms with Crippen LogP contribution in [0.25, 0.3) is 0 Å². The van der Waals surface area contributed by atoms with Crippen LogP contribution in [0, 0.1) is 15.9 Å². The van der Waals surface area contributed by atoms with Crippen LogP contribution in [-0.4, -0.2) is 16.5 Å². The molecule has 0 saturated heterocycles. The number of pyridine rings is 1. The van der Waals surface area contributed by atoms with Crippen molar-refractivity contribution in [1.29, 1.82) is 0 Å². The Balaban J connectivity index is 2.57. The van der Waals surface area contributed by atoms with E-state index in [1.165, 1.54) is 18.3 Å². The first-order chi connectivity index (χ1) is 5.68. The van der Waals surface area contributed by atoms with Gasteiger partial charge < -0.3 is 0 Å². The second-order valence-corrected chi connectivity index (χ2v) is 2.27. The fraction of sp³-hybridized carbons (Fsp3) is 0.286. The van der Waals surface area contributed by atoms with E-state index in [4.69, 9.17) is 0 Å². The van der Waals surface area contributed by atoms with Crippen LogP contribution >= 0.6 is 0 Å². The van der Waals surface area contributed by atoms with Gasteiger partial charge in [-0.3, -0.25) is 15.1 Å². The lowest BCUT2D eigenvalue weighted by atomic mass is 10.3. The van der Waals surface area contributed by atoms with Crippen molar-refractivity contribution < 1.29 is 9.31 Å². The van der Waals surface area contributed by atoms with Gasteiger partial charge in [-0.25, -0.2) is 4.39 Å². The third-order valence-electron chi connectivity index (χ3n) is 1.33. The molecule has 1 rings (SSSR count). The first kappa shape index (κ1) is 8.58. The first-order valence-electron chi connectivity index (χ1n) is 3.41. The molecule has 0 N–H and O–H groups in total. The summed E-state index contributed by atoms with van der Waals surface area (Å²) in [6, 6.07) is 2.40. The number of nitrogens with zero attached hydrogens (tertiary/aromatic N) is 2. The lowest BCUT2D eigenvalue weighted by Gasteiger charge is -1.95. The molecule has 0 fully saturated rings. The molecule has 0 atom stereocenters. The van der Waals surface area contributed by atoms with E-state index >= 15 is 0 Å². The standard InChI is InChI=1S/C7H7FN2O2/c8-6-1-3-9-7(5-6)2-4-10(11)12/h1,3,5H,2,4H2. The minimum Gasteiger partial charge on any atom is -0.265 e. The Morgan fingerprint density at radius 3 is 3.00 bits per heavy atom. The summed E-state index contributed by atoms with van der Waals surface area (Å²) >= 11 is 0. The van der Waals surface area contributed by atoms with Gasteiger partial charge >= 0.3 is 0 Å². The van der Waals surface area contributed by atoms with E-state index in [0.29, 0.717) is 5.69 Å². The predicted molar refractivity (Wildman–Crippen MR) is 39.8 cm³/mol. The van der Waals surface area contributed by atoms with Crippen LogP contribution in [0.5, 0.6) is 0 Å². The highest BCUT2D eigenvalue weighted by molar-refractivity contribution is 5.05. The van der Waals surface area contributed by atoms with Gasteiger partial charge in [-0.05, 0) is 12.1 Å². The van der Waals surface area contributed by atoms with Gasteiger partial charge in [0.05, 0.1) is 6.42 Å². The molecule has 1 aromatic heterocycles. The fourth-order valence-electron chi connectivity index (χ4n) is 0.791. The molecule has 1 aromatic rings. The molecule has 64 valence electrons. The van der Waals surface area contributed by atoms with Crippen molar-refractivity contribution >= 4 is 0 Å². The van der Waals surface area contributed by atoms with Crippen LogP contribution in [0.4, 0.5) is 4.39 Å². The Hall–Kier alpha value is -1.52. The molecule has 12 heavy (non-hydrogen) atoms. The molecule has 0 unspecified atom stereocenters. The number of hydrogen-bond acceptors (Lipinski definition) is 3. The maximum atomic E-state index is 12.5. The SMILES string of the molecule is O=[N+]([O-])CCc1cc(F)ccn1. The smallest absolute Gasteiger partial charge is 0.209 e. The normalized spacial score (nSPS) is 9.75. The molecule has 4 nitrogen and oxygen atoms in total. The summed E-state index contributed by atoms with van der Waals surface area (Å²) in [7, 11) is 0. The van der Waals surface area contributed by atoms with Gasteiger partial charge in [0.1, 0.15) is 5.82 Å². The van der Waals surface area contributed by atoms with Gasteiger partial charge in [-0.1, -0.05) is 0 Å². The van der Waals surface area contributed by atoms with E-state index in [1.807, 2.05) is 0 Å². The predicted octanol–water partition coefficient (Wildman–Crippen LogP) is 1.04. The second-order valence-electron chi connectivity index (χ2n) is 2.27. The lowest BCUT2D eigenvalue weighted by molar-refractivity contribution is -0.479. The Kier molecular flexibility index (Phi) is 2.68. The summed E-state index contributed by atoms with van der Waals surface area (Å²) in [4.78, 5) is 13.3. The van der Waals surface area contributed by atoms with E-state index in [2.05, 4.69) is 4.98 Å². The Bertz CT molecular complexity index is 290. The maximum absolute atomic E-state index is 12.5. The fourth-order valence-corrected chi connectivity index (χ4v) is 0.791. The van der Waals surface area contributed by atoms with Crippen molar-refractivity contribution in [2.75, 3.05) is 6.54 Å². The number of halogens is 1. The maximum Gasteiger partial charge on any atom is 0.209 e. The molecule has 0 radical (unpaired) electrons. The van der Waals surface area contributed by atoms with E-state index in [0.717, 1.165) is 0 Å². The molecule has 0 aliphatic rings. The van der Waals surface area contributed by atoms with Crippen molar-refractivity contribution in [1.82, 2.24) is 4.98 Å². The van der Waals surface area contributed by atoms with Crippen LogP contribution in [0.3, 0.4) is 0 Å².